The first kappa shape index (κ1) is 19.5. The van der Waals surface area contributed by atoms with Crippen molar-refractivity contribution in [2.24, 2.45) is 0 Å². The van der Waals surface area contributed by atoms with Crippen molar-refractivity contribution in [1.82, 2.24) is 0 Å². The lowest BCUT2D eigenvalue weighted by atomic mass is 10.3. The minimum absolute atomic E-state index is 0.0207. The van der Waals surface area contributed by atoms with Gasteiger partial charge in [-0.2, -0.15) is 0 Å². The summed E-state index contributed by atoms with van der Waals surface area (Å²) in [6.45, 7) is 0.965. The highest BCUT2D eigenvalue weighted by atomic mass is 35.5. The van der Waals surface area contributed by atoms with Crippen molar-refractivity contribution in [3.63, 3.8) is 0 Å². The van der Waals surface area contributed by atoms with Gasteiger partial charge in [0.15, 0.2) is 0 Å². The average Bonchev–Trinajstić information content (AvgIpc) is 2.56. The van der Waals surface area contributed by atoms with Crippen LogP contribution in [-0.2, 0) is 19.6 Å². The molecule has 0 aliphatic rings. The number of rotatable bonds is 6. The molecule has 2 aromatic carbocycles. The Hall–Kier alpha value is -1.83. The quantitative estimate of drug-likeness (QED) is 0.683. The number of para-hydroxylation sites is 1. The highest BCUT2D eigenvalue weighted by Crippen LogP contribution is 2.30. The smallest absolute Gasteiger partial charge is 0.326 e. The van der Waals surface area contributed by atoms with Gasteiger partial charge in [-0.1, -0.05) is 35.3 Å². The van der Waals surface area contributed by atoms with E-state index < -0.39 is 28.4 Å². The van der Waals surface area contributed by atoms with Gasteiger partial charge in [-0.3, -0.25) is 9.10 Å². The van der Waals surface area contributed by atoms with Gasteiger partial charge in [-0.25, -0.2) is 12.8 Å². The van der Waals surface area contributed by atoms with Gasteiger partial charge in [0.25, 0.3) is 10.0 Å². The van der Waals surface area contributed by atoms with Crippen LogP contribution < -0.4 is 4.31 Å². The molecule has 0 saturated heterocycles. The zero-order chi connectivity index (χ0) is 18.6. The Morgan fingerprint density at radius 1 is 1.16 bits per heavy atom. The molecule has 9 heteroatoms. The molecule has 0 heterocycles. The van der Waals surface area contributed by atoms with Gasteiger partial charge < -0.3 is 4.74 Å². The lowest BCUT2D eigenvalue weighted by Gasteiger charge is -2.24. The molecule has 0 bridgehead atoms. The molecule has 0 spiro atoms. The standard InChI is InChI=1S/C16H14Cl2FNO4S/c1-2-24-16(21)10-20(15-6-4-3-5-14(15)19)25(22,23)11-7-8-12(17)13(18)9-11/h3-9H,2,10H2,1H3. The second-order valence-electron chi connectivity index (χ2n) is 4.84. The molecule has 0 unspecified atom stereocenters. The van der Waals surface area contributed by atoms with E-state index in [1.54, 1.807) is 6.92 Å². The molecule has 134 valence electrons. The molecular weight excluding hydrogens is 392 g/mol. The average molecular weight is 406 g/mol. The summed E-state index contributed by atoms with van der Waals surface area (Å²) in [5.74, 6) is -1.61. The van der Waals surface area contributed by atoms with Crippen LogP contribution in [0.4, 0.5) is 10.1 Å². The zero-order valence-corrected chi connectivity index (χ0v) is 15.4. The van der Waals surface area contributed by atoms with E-state index in [0.29, 0.717) is 4.31 Å². The van der Waals surface area contributed by atoms with Crippen molar-refractivity contribution in [3.05, 3.63) is 58.3 Å². The van der Waals surface area contributed by atoms with Gasteiger partial charge in [-0.15, -0.1) is 0 Å². The maximum absolute atomic E-state index is 14.2. The van der Waals surface area contributed by atoms with Crippen LogP contribution in [0.2, 0.25) is 10.0 Å². The molecule has 2 aromatic rings. The SMILES string of the molecule is CCOC(=O)CN(c1ccccc1F)S(=O)(=O)c1ccc(Cl)c(Cl)c1. The molecule has 0 saturated carbocycles. The third kappa shape index (κ3) is 4.42. The van der Waals surface area contributed by atoms with Crippen LogP contribution in [-0.4, -0.2) is 27.5 Å². The number of halogens is 3. The van der Waals surface area contributed by atoms with Crippen LogP contribution in [0.5, 0.6) is 0 Å². The summed E-state index contributed by atoms with van der Waals surface area (Å²) in [4.78, 5) is 11.6. The molecule has 0 aromatic heterocycles. The second kappa shape index (κ2) is 8.03. The van der Waals surface area contributed by atoms with E-state index in [0.717, 1.165) is 12.1 Å². The van der Waals surface area contributed by atoms with Crippen LogP contribution in [0.15, 0.2) is 47.4 Å². The Balaban J connectivity index is 2.55. The third-order valence-electron chi connectivity index (χ3n) is 3.18. The monoisotopic (exact) mass is 405 g/mol. The van der Waals surface area contributed by atoms with Crippen LogP contribution in [0.3, 0.4) is 0 Å². The number of carbonyl (C=O) groups excluding carboxylic acids is 1. The first-order chi connectivity index (χ1) is 11.8. The van der Waals surface area contributed by atoms with Crippen molar-refractivity contribution < 1.29 is 22.3 Å². The Bertz CT molecular complexity index is 889. The summed E-state index contributed by atoms with van der Waals surface area (Å²) < 4.78 is 45.5. The van der Waals surface area contributed by atoms with E-state index in [1.165, 1.54) is 30.3 Å². The fourth-order valence-electron chi connectivity index (χ4n) is 2.04. The number of benzene rings is 2. The number of nitrogens with zero attached hydrogens (tertiary/aromatic N) is 1. The normalized spacial score (nSPS) is 11.2. The summed E-state index contributed by atoms with van der Waals surface area (Å²) in [7, 11) is -4.28. The number of sulfonamides is 1. The van der Waals surface area contributed by atoms with Gasteiger partial charge in [0, 0.05) is 0 Å². The topological polar surface area (TPSA) is 63.7 Å². The first-order valence-electron chi connectivity index (χ1n) is 7.15. The summed E-state index contributed by atoms with van der Waals surface area (Å²) in [6, 6.07) is 8.89. The van der Waals surface area contributed by atoms with Crippen molar-refractivity contribution in [2.45, 2.75) is 11.8 Å². The summed E-state index contributed by atoms with van der Waals surface area (Å²) in [5.41, 5.74) is -0.276. The van der Waals surface area contributed by atoms with Gasteiger partial charge in [0.05, 0.1) is 27.2 Å². The molecular formula is C16H14Cl2FNO4S. The summed E-state index contributed by atoms with van der Waals surface area (Å²) in [5, 5.41) is 0.191. The molecule has 0 fully saturated rings. The fourth-order valence-corrected chi connectivity index (χ4v) is 3.85. The third-order valence-corrected chi connectivity index (χ3v) is 5.67. The Morgan fingerprint density at radius 3 is 2.44 bits per heavy atom. The van der Waals surface area contributed by atoms with Gasteiger partial charge >= 0.3 is 5.97 Å². The Labute approximate surface area is 155 Å². The van der Waals surface area contributed by atoms with Crippen LogP contribution in [0, 0.1) is 5.82 Å². The van der Waals surface area contributed by atoms with Gasteiger partial charge in [-0.05, 0) is 37.3 Å². The number of hydrogen-bond acceptors (Lipinski definition) is 4. The summed E-state index contributed by atoms with van der Waals surface area (Å²) in [6.07, 6.45) is 0. The molecule has 25 heavy (non-hydrogen) atoms. The van der Waals surface area contributed by atoms with Crippen LogP contribution in [0.1, 0.15) is 6.92 Å². The largest absolute Gasteiger partial charge is 0.465 e. The predicted molar refractivity (Wildman–Crippen MR) is 94.0 cm³/mol. The first-order valence-corrected chi connectivity index (χ1v) is 9.35. The molecule has 0 N–H and O–H groups in total. The van der Waals surface area contributed by atoms with E-state index in [1.807, 2.05) is 0 Å². The molecule has 0 aliphatic heterocycles. The number of ether oxygens (including phenoxy) is 1. The fraction of sp³-hybridized carbons (Fsp3) is 0.188. The number of hydrogen-bond donors (Lipinski definition) is 0. The summed E-state index contributed by atoms with van der Waals surface area (Å²) >= 11 is 11.7. The highest BCUT2D eigenvalue weighted by molar-refractivity contribution is 7.92. The number of esters is 1. The van der Waals surface area contributed by atoms with Crippen molar-refractivity contribution >= 4 is 44.9 Å². The maximum Gasteiger partial charge on any atom is 0.326 e. The van der Waals surface area contributed by atoms with E-state index in [2.05, 4.69) is 0 Å². The molecule has 0 aliphatic carbocycles. The molecule has 0 atom stereocenters. The van der Waals surface area contributed by atoms with E-state index >= 15 is 0 Å². The Kier molecular flexibility index (Phi) is 6.26. The van der Waals surface area contributed by atoms with Crippen LogP contribution >= 0.6 is 23.2 Å². The number of carbonyl (C=O) groups is 1. The number of anilines is 1. The minimum Gasteiger partial charge on any atom is -0.465 e. The van der Waals surface area contributed by atoms with Crippen molar-refractivity contribution in [3.8, 4) is 0 Å². The van der Waals surface area contributed by atoms with Crippen LogP contribution in [0.25, 0.3) is 0 Å². The molecule has 0 amide bonds. The Morgan fingerprint density at radius 2 is 1.84 bits per heavy atom. The second-order valence-corrected chi connectivity index (χ2v) is 7.52. The lowest BCUT2D eigenvalue weighted by Crippen LogP contribution is -2.37. The zero-order valence-electron chi connectivity index (χ0n) is 13.1. The van der Waals surface area contributed by atoms with Gasteiger partial charge in [0.1, 0.15) is 12.4 Å². The van der Waals surface area contributed by atoms with E-state index in [9.17, 15) is 17.6 Å². The van der Waals surface area contributed by atoms with E-state index in [-0.39, 0.29) is 27.2 Å². The molecule has 0 radical (unpaired) electrons. The highest BCUT2D eigenvalue weighted by Gasteiger charge is 2.30. The van der Waals surface area contributed by atoms with E-state index in [4.69, 9.17) is 27.9 Å². The predicted octanol–water partition coefficient (Wildman–Crippen LogP) is 3.89. The maximum atomic E-state index is 14.2. The molecule has 2 rings (SSSR count). The lowest BCUT2D eigenvalue weighted by molar-refractivity contribution is -0.141. The van der Waals surface area contributed by atoms with Crippen molar-refractivity contribution in [2.75, 3.05) is 17.5 Å². The van der Waals surface area contributed by atoms with Crippen molar-refractivity contribution in [1.29, 1.82) is 0 Å². The van der Waals surface area contributed by atoms with Gasteiger partial charge in [0.2, 0.25) is 0 Å². The minimum atomic E-state index is -4.28. The molecule has 5 nitrogen and oxygen atoms in total.